The molecule has 8 atom stereocenters. The molecule has 8 nitrogen and oxygen atoms in total. The van der Waals surface area contributed by atoms with Crippen molar-refractivity contribution in [1.82, 2.24) is 0 Å². The summed E-state index contributed by atoms with van der Waals surface area (Å²) in [5, 5.41) is 35.3. The van der Waals surface area contributed by atoms with Crippen LogP contribution in [0.3, 0.4) is 0 Å². The molecule has 1 aromatic carbocycles. The van der Waals surface area contributed by atoms with E-state index in [4.69, 9.17) is 9.29 Å². The molecule has 1 aromatic rings. The van der Waals surface area contributed by atoms with Gasteiger partial charge in [0.15, 0.2) is 0 Å². The number of benzene rings is 1. The van der Waals surface area contributed by atoms with Crippen LogP contribution in [0.4, 0.5) is 0 Å². The number of aliphatic hydroxyl groups is 2. The van der Waals surface area contributed by atoms with Gasteiger partial charge in [0.25, 0.3) is 0 Å². The quantitative estimate of drug-likeness (QED) is 0.161. The maximum absolute atomic E-state index is 12.4. The summed E-state index contributed by atoms with van der Waals surface area (Å²) < 4.78 is 43.0. The van der Waals surface area contributed by atoms with Crippen LogP contribution in [0.5, 0.6) is 11.5 Å². The Bertz CT molecular complexity index is 1350. The lowest BCUT2D eigenvalue weighted by molar-refractivity contribution is -0.230. The predicted octanol–water partition coefficient (Wildman–Crippen LogP) is 7.39. The highest BCUT2D eigenvalue weighted by Crippen LogP contribution is 2.67. The van der Waals surface area contributed by atoms with E-state index >= 15 is 0 Å². The molecule has 4 aliphatic carbocycles. The van der Waals surface area contributed by atoms with E-state index in [1.54, 1.807) is 0 Å². The fraction of sp³-hybridized carbons (Fsp3) is 0.833. The lowest BCUT2D eigenvalue weighted by atomic mass is 9.40. The van der Waals surface area contributed by atoms with Crippen molar-refractivity contribution in [3.63, 3.8) is 0 Å². The molecule has 2 bridgehead atoms. The third kappa shape index (κ3) is 6.42. The molecule has 6 rings (SSSR count). The van der Waals surface area contributed by atoms with Crippen molar-refractivity contribution in [2.75, 3.05) is 0 Å². The number of aromatic hydroxyl groups is 1. The summed E-state index contributed by atoms with van der Waals surface area (Å²) in [5.41, 5.74) is -1.92. The molecule has 1 aliphatic heterocycles. The number of unbranched alkanes of at least 4 members (excludes halogenated alkanes) is 1. The van der Waals surface area contributed by atoms with E-state index < -0.39 is 21.6 Å². The molecule has 4 N–H and O–H groups in total. The summed E-state index contributed by atoms with van der Waals surface area (Å²) in [6, 6.07) is 4.10. The van der Waals surface area contributed by atoms with Gasteiger partial charge >= 0.3 is 10.4 Å². The molecular formula is C36H58O8S. The minimum Gasteiger partial charge on any atom is -0.508 e. The van der Waals surface area contributed by atoms with Crippen LogP contribution in [0.1, 0.15) is 131 Å². The lowest BCUT2D eigenvalue weighted by Gasteiger charge is -2.66. The molecule has 9 heteroatoms. The highest BCUT2D eigenvalue weighted by atomic mass is 32.3. The van der Waals surface area contributed by atoms with Gasteiger partial charge < -0.3 is 24.2 Å². The second-order valence-corrected chi connectivity index (χ2v) is 18.2. The molecule has 1 saturated heterocycles. The molecule has 0 spiro atoms. The first-order chi connectivity index (χ1) is 20.6. The summed E-state index contributed by atoms with van der Waals surface area (Å²) in [6.07, 6.45) is 11.5. The van der Waals surface area contributed by atoms with E-state index in [0.29, 0.717) is 30.7 Å². The predicted molar refractivity (Wildman–Crippen MR) is 174 cm³/mol. The molecule has 4 saturated carbocycles. The Balaban J connectivity index is 1.28. The smallest absolute Gasteiger partial charge is 0.446 e. The Hall–Kier alpha value is -1.39. The van der Waals surface area contributed by atoms with Crippen molar-refractivity contribution in [2.45, 2.75) is 155 Å². The van der Waals surface area contributed by atoms with Crippen molar-refractivity contribution < 1.29 is 37.2 Å². The second-order valence-electron chi connectivity index (χ2n) is 17.2. The first-order valence-electron chi connectivity index (χ1n) is 17.3. The zero-order chi connectivity index (χ0) is 33.3. The van der Waals surface area contributed by atoms with Gasteiger partial charge in [0.2, 0.25) is 0 Å². The molecule has 0 amide bonds. The van der Waals surface area contributed by atoms with Gasteiger partial charge in [-0.1, -0.05) is 47.5 Å². The van der Waals surface area contributed by atoms with E-state index in [-0.39, 0.29) is 51.3 Å². The number of phenols is 1. The van der Waals surface area contributed by atoms with Gasteiger partial charge in [-0.15, -0.1) is 0 Å². The van der Waals surface area contributed by atoms with Gasteiger partial charge in [0.05, 0.1) is 22.9 Å². The number of fused-ring (bicyclic) bond motifs is 4. The summed E-state index contributed by atoms with van der Waals surface area (Å²) in [5.74, 6) is 0.371. The van der Waals surface area contributed by atoms with Crippen LogP contribution in [0.15, 0.2) is 18.2 Å². The minimum atomic E-state index is -4.69. The zero-order valence-corrected chi connectivity index (χ0v) is 29.4. The van der Waals surface area contributed by atoms with Crippen LogP contribution in [0.25, 0.3) is 0 Å². The van der Waals surface area contributed by atoms with E-state index in [0.717, 1.165) is 64.2 Å². The molecule has 5 aliphatic rings. The average molecular weight is 651 g/mol. The molecule has 0 radical (unpaired) electrons. The van der Waals surface area contributed by atoms with Crippen molar-refractivity contribution in [3.8, 4) is 11.5 Å². The van der Waals surface area contributed by atoms with Gasteiger partial charge in [0.1, 0.15) is 11.5 Å². The van der Waals surface area contributed by atoms with Crippen LogP contribution < -0.4 is 4.18 Å². The minimum absolute atomic E-state index is 0.00902. The highest BCUT2D eigenvalue weighted by Gasteiger charge is 2.64. The third-order valence-corrected chi connectivity index (χ3v) is 13.8. The van der Waals surface area contributed by atoms with Gasteiger partial charge in [-0.2, -0.15) is 8.42 Å². The largest absolute Gasteiger partial charge is 0.508 e. The number of hydrogen-bond acceptors (Lipinski definition) is 7. The monoisotopic (exact) mass is 650 g/mol. The lowest BCUT2D eigenvalue weighted by Crippen LogP contribution is -2.64. The fourth-order valence-electron chi connectivity index (χ4n) is 11.1. The van der Waals surface area contributed by atoms with Crippen molar-refractivity contribution in [3.05, 3.63) is 23.8 Å². The fourth-order valence-corrected chi connectivity index (χ4v) is 11.5. The molecular weight excluding hydrogens is 592 g/mol. The SMILES string of the molecule is C[C@H]1CC[C@@H]2OC(C)(C)CCC[C@@]2(C)[C@]1(O)CCCCC1(C)C[C@]2(O)CC[C@H]1C(C)(C)C2Cc1cc(OS(=O)(=O)O)ccc1O. The number of hydrogen-bond donors (Lipinski definition) is 4. The van der Waals surface area contributed by atoms with Crippen molar-refractivity contribution in [1.29, 1.82) is 0 Å². The maximum Gasteiger partial charge on any atom is 0.446 e. The van der Waals surface area contributed by atoms with E-state index in [9.17, 15) is 23.7 Å². The Morgan fingerprint density at radius 2 is 1.64 bits per heavy atom. The summed E-state index contributed by atoms with van der Waals surface area (Å²) in [7, 11) is -4.69. The Kier molecular flexibility index (Phi) is 9.04. The first-order valence-corrected chi connectivity index (χ1v) is 18.6. The molecule has 45 heavy (non-hydrogen) atoms. The third-order valence-electron chi connectivity index (χ3n) is 13.4. The van der Waals surface area contributed by atoms with Crippen molar-refractivity contribution in [2.24, 2.45) is 34.0 Å². The molecule has 5 fully saturated rings. The van der Waals surface area contributed by atoms with E-state index in [1.165, 1.54) is 18.2 Å². The second kappa shape index (κ2) is 11.6. The van der Waals surface area contributed by atoms with E-state index in [2.05, 4.69) is 52.6 Å². The summed E-state index contributed by atoms with van der Waals surface area (Å²) >= 11 is 0. The van der Waals surface area contributed by atoms with Gasteiger partial charge in [-0.05, 0) is 137 Å². The number of rotatable bonds is 9. The summed E-state index contributed by atoms with van der Waals surface area (Å²) in [4.78, 5) is 0. The normalized spacial score (nSPS) is 40.8. The van der Waals surface area contributed by atoms with Crippen LogP contribution in [-0.2, 0) is 21.6 Å². The van der Waals surface area contributed by atoms with Gasteiger partial charge in [-0.3, -0.25) is 4.55 Å². The van der Waals surface area contributed by atoms with Crippen LogP contribution in [-0.4, -0.2) is 51.2 Å². The topological polar surface area (TPSA) is 134 Å². The number of ether oxygens (including phenoxy) is 1. The number of phenolic OH excluding ortho intramolecular Hbond substituents is 1. The first kappa shape index (κ1) is 34.9. The van der Waals surface area contributed by atoms with Crippen LogP contribution in [0.2, 0.25) is 0 Å². The van der Waals surface area contributed by atoms with Gasteiger partial charge in [0, 0.05) is 5.41 Å². The van der Waals surface area contributed by atoms with Crippen LogP contribution >= 0.6 is 0 Å². The Labute approximate surface area is 271 Å². The molecule has 0 aromatic heterocycles. The molecule has 2 unspecified atom stereocenters. The zero-order valence-electron chi connectivity index (χ0n) is 28.6. The van der Waals surface area contributed by atoms with Crippen molar-refractivity contribution >= 4 is 10.4 Å². The standard InChI is InChI=1S/C36H58O8S/c1-24-11-14-30-34(7,18-10-16-31(2,3)43-30)36(24,39)19-9-8-17-33(6)23-35(38)20-15-28(33)32(4,5)29(35)22-25-21-26(12-13-27(25)37)44-45(40,41)42/h12-13,21,24,28-30,37-39H,8-11,14-20,22-23H2,1-7H3,(H,40,41,42)/t24-,28-,29?,30-,33?,34+,35+,36-/m0/s1. The molecule has 256 valence electrons. The Morgan fingerprint density at radius 3 is 2.31 bits per heavy atom. The van der Waals surface area contributed by atoms with Gasteiger partial charge in [-0.25, -0.2) is 0 Å². The van der Waals surface area contributed by atoms with E-state index in [1.807, 2.05) is 0 Å². The maximum atomic E-state index is 12.4. The summed E-state index contributed by atoms with van der Waals surface area (Å²) in [6.45, 7) is 15.6. The Morgan fingerprint density at radius 1 is 0.956 bits per heavy atom. The highest BCUT2D eigenvalue weighted by molar-refractivity contribution is 7.81. The average Bonchev–Trinajstić information content (AvgIpc) is 3.02. The van der Waals surface area contributed by atoms with Crippen LogP contribution in [0, 0.1) is 34.0 Å². The molecule has 1 heterocycles.